The second-order valence-corrected chi connectivity index (χ2v) is 4.55. The van der Waals surface area contributed by atoms with Gasteiger partial charge in [-0.1, -0.05) is 13.8 Å². The summed E-state index contributed by atoms with van der Waals surface area (Å²) < 4.78 is 10.1. The molecule has 0 saturated carbocycles. The summed E-state index contributed by atoms with van der Waals surface area (Å²) in [5, 5.41) is 9.12. The fourth-order valence-corrected chi connectivity index (χ4v) is 1.21. The maximum absolute atomic E-state index is 11.5. The largest absolute Gasteiger partial charge is 0.462 e. The van der Waals surface area contributed by atoms with Crippen LogP contribution in [0.3, 0.4) is 0 Å². The van der Waals surface area contributed by atoms with Crippen LogP contribution >= 0.6 is 0 Å². The molecule has 0 aliphatic rings. The van der Waals surface area contributed by atoms with Gasteiger partial charge in [-0.05, 0) is 26.7 Å². The molecule has 2 unspecified atom stereocenters. The Labute approximate surface area is 114 Å². The lowest BCUT2D eigenvalue weighted by molar-refractivity contribution is -0.155. The van der Waals surface area contributed by atoms with Gasteiger partial charge in [0.1, 0.15) is 0 Å². The first-order chi connectivity index (χ1) is 8.92. The molecule has 0 aliphatic heterocycles. The van der Waals surface area contributed by atoms with Crippen LogP contribution < -0.4 is 0 Å². The molecule has 19 heavy (non-hydrogen) atoms. The number of nitrogens with zero attached hydrogens (tertiary/aromatic N) is 1. The van der Waals surface area contributed by atoms with Crippen LogP contribution in [0, 0.1) is 0 Å². The average molecular weight is 275 g/mol. The summed E-state index contributed by atoms with van der Waals surface area (Å²) in [6.45, 7) is 6.74. The van der Waals surface area contributed by atoms with Crippen LogP contribution in [-0.4, -0.2) is 54.0 Å². The number of aliphatic hydroxyl groups excluding tert-OH is 1. The fourth-order valence-electron chi connectivity index (χ4n) is 1.21. The van der Waals surface area contributed by atoms with Crippen LogP contribution in [0.5, 0.6) is 0 Å². The topological polar surface area (TPSA) is 76.1 Å². The van der Waals surface area contributed by atoms with E-state index in [0.717, 1.165) is 12.8 Å². The predicted octanol–water partition coefficient (Wildman–Crippen LogP) is 0.922. The van der Waals surface area contributed by atoms with Crippen LogP contribution in [0.1, 0.15) is 40.5 Å². The van der Waals surface area contributed by atoms with E-state index >= 15 is 0 Å². The summed E-state index contributed by atoms with van der Waals surface area (Å²) in [4.78, 5) is 24.3. The zero-order valence-electron chi connectivity index (χ0n) is 12.2. The molecule has 0 aromatic heterocycles. The SMILES string of the molecule is CCC(C)OC(=O)CN(CO)CC(=O)OC(C)CC. The third kappa shape index (κ3) is 8.56. The lowest BCUT2D eigenvalue weighted by Gasteiger charge is -2.20. The second kappa shape index (κ2) is 9.75. The number of rotatable bonds is 9. The lowest BCUT2D eigenvalue weighted by Crippen LogP contribution is -2.38. The summed E-state index contributed by atoms with van der Waals surface area (Å²) in [6.07, 6.45) is 1.11. The number of hydrogen-bond acceptors (Lipinski definition) is 6. The van der Waals surface area contributed by atoms with Crippen LogP contribution in [0.25, 0.3) is 0 Å². The number of hydrogen-bond donors (Lipinski definition) is 1. The minimum absolute atomic E-state index is 0.129. The highest BCUT2D eigenvalue weighted by Crippen LogP contribution is 2.00. The Morgan fingerprint density at radius 3 is 1.63 bits per heavy atom. The quantitative estimate of drug-likeness (QED) is 0.498. The van der Waals surface area contributed by atoms with Gasteiger partial charge >= 0.3 is 11.9 Å². The molecule has 0 aliphatic carbocycles. The Hall–Kier alpha value is -1.14. The van der Waals surface area contributed by atoms with E-state index in [-0.39, 0.29) is 25.3 Å². The molecule has 0 bridgehead atoms. The summed E-state index contributed by atoms with van der Waals surface area (Å²) >= 11 is 0. The zero-order chi connectivity index (χ0) is 14.8. The summed E-state index contributed by atoms with van der Waals surface area (Å²) in [6, 6.07) is 0. The number of carbonyl (C=O) groups is 2. The van der Waals surface area contributed by atoms with Crippen molar-refractivity contribution in [2.45, 2.75) is 52.7 Å². The molecular weight excluding hydrogens is 250 g/mol. The van der Waals surface area contributed by atoms with Crippen LogP contribution in [-0.2, 0) is 19.1 Å². The first-order valence-electron chi connectivity index (χ1n) is 6.65. The van der Waals surface area contributed by atoms with Crippen molar-refractivity contribution < 1.29 is 24.2 Å². The molecule has 0 aromatic carbocycles. The van der Waals surface area contributed by atoms with Crippen LogP contribution in [0.15, 0.2) is 0 Å². The standard InChI is InChI=1S/C13H25NO5/c1-5-10(3)18-12(16)7-14(9-15)8-13(17)19-11(4)6-2/h10-11,15H,5-9H2,1-4H3. The fraction of sp³-hybridized carbons (Fsp3) is 0.846. The molecule has 2 atom stereocenters. The van der Waals surface area contributed by atoms with E-state index in [0.29, 0.717) is 0 Å². The van der Waals surface area contributed by atoms with Gasteiger partial charge in [-0.15, -0.1) is 0 Å². The van der Waals surface area contributed by atoms with Crippen LogP contribution in [0.4, 0.5) is 0 Å². The van der Waals surface area contributed by atoms with Gasteiger partial charge in [0.2, 0.25) is 0 Å². The van der Waals surface area contributed by atoms with Gasteiger partial charge < -0.3 is 14.6 Å². The van der Waals surface area contributed by atoms with Crippen molar-refractivity contribution in [2.24, 2.45) is 0 Å². The molecule has 0 amide bonds. The highest BCUT2D eigenvalue weighted by molar-refractivity contribution is 5.75. The van der Waals surface area contributed by atoms with E-state index in [1.54, 1.807) is 13.8 Å². The number of ether oxygens (including phenoxy) is 2. The third-order valence-corrected chi connectivity index (χ3v) is 2.72. The highest BCUT2D eigenvalue weighted by atomic mass is 16.5. The van der Waals surface area contributed by atoms with E-state index in [1.807, 2.05) is 13.8 Å². The van der Waals surface area contributed by atoms with E-state index in [2.05, 4.69) is 0 Å². The van der Waals surface area contributed by atoms with Crippen molar-refractivity contribution in [2.75, 3.05) is 19.8 Å². The predicted molar refractivity (Wildman–Crippen MR) is 70.3 cm³/mol. The maximum Gasteiger partial charge on any atom is 0.320 e. The lowest BCUT2D eigenvalue weighted by atomic mass is 10.3. The third-order valence-electron chi connectivity index (χ3n) is 2.72. The smallest absolute Gasteiger partial charge is 0.320 e. The van der Waals surface area contributed by atoms with Gasteiger partial charge in [0.15, 0.2) is 0 Å². The second-order valence-electron chi connectivity index (χ2n) is 4.55. The average Bonchev–Trinajstić information content (AvgIpc) is 2.37. The first kappa shape index (κ1) is 17.9. The van der Waals surface area contributed by atoms with Crippen molar-refractivity contribution in [1.29, 1.82) is 0 Å². The molecule has 0 heterocycles. The maximum atomic E-state index is 11.5. The molecule has 0 radical (unpaired) electrons. The zero-order valence-corrected chi connectivity index (χ0v) is 12.2. The minimum atomic E-state index is -0.459. The van der Waals surface area contributed by atoms with Crippen molar-refractivity contribution in [1.82, 2.24) is 4.90 Å². The van der Waals surface area contributed by atoms with Gasteiger partial charge in [0, 0.05) is 0 Å². The minimum Gasteiger partial charge on any atom is -0.462 e. The molecular formula is C13H25NO5. The molecule has 112 valence electrons. The Morgan fingerprint density at radius 1 is 1.00 bits per heavy atom. The van der Waals surface area contributed by atoms with E-state index in [9.17, 15) is 9.59 Å². The molecule has 0 spiro atoms. The summed E-state index contributed by atoms with van der Waals surface area (Å²) in [5.41, 5.74) is 0. The Kier molecular flexibility index (Phi) is 9.16. The highest BCUT2D eigenvalue weighted by Gasteiger charge is 2.17. The number of aliphatic hydroxyl groups is 1. The van der Waals surface area contributed by atoms with Crippen LogP contribution in [0.2, 0.25) is 0 Å². The van der Waals surface area contributed by atoms with E-state index < -0.39 is 18.7 Å². The number of carbonyl (C=O) groups excluding carboxylic acids is 2. The van der Waals surface area contributed by atoms with E-state index in [1.165, 1.54) is 4.90 Å². The van der Waals surface area contributed by atoms with Gasteiger partial charge in [-0.2, -0.15) is 0 Å². The Bertz CT molecular complexity index is 256. The molecule has 0 aromatic rings. The van der Waals surface area contributed by atoms with Crippen molar-refractivity contribution in [3.8, 4) is 0 Å². The first-order valence-corrected chi connectivity index (χ1v) is 6.65. The molecule has 0 saturated heterocycles. The number of esters is 2. The van der Waals surface area contributed by atoms with Gasteiger partial charge in [-0.25, -0.2) is 0 Å². The molecule has 6 nitrogen and oxygen atoms in total. The molecule has 6 heteroatoms. The van der Waals surface area contributed by atoms with Crippen molar-refractivity contribution >= 4 is 11.9 Å². The van der Waals surface area contributed by atoms with Gasteiger partial charge in [0.05, 0.1) is 32.0 Å². The summed E-state index contributed by atoms with van der Waals surface area (Å²) in [7, 11) is 0. The Morgan fingerprint density at radius 2 is 1.37 bits per heavy atom. The van der Waals surface area contributed by atoms with Crippen molar-refractivity contribution in [3.05, 3.63) is 0 Å². The molecule has 0 rings (SSSR count). The molecule has 0 fully saturated rings. The monoisotopic (exact) mass is 275 g/mol. The normalized spacial score (nSPS) is 14.0. The van der Waals surface area contributed by atoms with Gasteiger partial charge in [-0.3, -0.25) is 14.5 Å². The van der Waals surface area contributed by atoms with Gasteiger partial charge in [0.25, 0.3) is 0 Å². The Balaban J connectivity index is 4.13. The molecule has 1 N–H and O–H groups in total. The van der Waals surface area contributed by atoms with E-state index in [4.69, 9.17) is 14.6 Å². The summed E-state index contributed by atoms with van der Waals surface area (Å²) in [5.74, 6) is -0.917. The van der Waals surface area contributed by atoms with Crippen molar-refractivity contribution in [3.63, 3.8) is 0 Å².